The molecule has 0 unspecified atom stereocenters. The van der Waals surface area contributed by atoms with Crippen LogP contribution in [-0.2, 0) is 11.3 Å². The molecule has 2 aromatic rings. The largest absolute Gasteiger partial charge is 0.508 e. The summed E-state index contributed by atoms with van der Waals surface area (Å²) >= 11 is 0. The Labute approximate surface area is 143 Å². The zero-order chi connectivity index (χ0) is 16.9. The van der Waals surface area contributed by atoms with Crippen molar-refractivity contribution >= 4 is 11.6 Å². The van der Waals surface area contributed by atoms with E-state index >= 15 is 0 Å². The van der Waals surface area contributed by atoms with Gasteiger partial charge in [-0.1, -0.05) is 37.3 Å². The van der Waals surface area contributed by atoms with Gasteiger partial charge in [0, 0.05) is 36.8 Å². The summed E-state index contributed by atoms with van der Waals surface area (Å²) in [5, 5.41) is 13.6. The molecule has 0 bridgehead atoms. The molecule has 0 aromatic heterocycles. The van der Waals surface area contributed by atoms with Gasteiger partial charge < -0.3 is 15.3 Å². The first kappa shape index (κ1) is 16.5. The van der Waals surface area contributed by atoms with Gasteiger partial charge in [0.1, 0.15) is 5.75 Å². The van der Waals surface area contributed by atoms with E-state index in [9.17, 15) is 9.90 Å². The van der Waals surface area contributed by atoms with Crippen LogP contribution in [0.15, 0.2) is 48.5 Å². The zero-order valence-corrected chi connectivity index (χ0v) is 14.0. The van der Waals surface area contributed by atoms with E-state index in [2.05, 4.69) is 24.4 Å². The Hall–Kier alpha value is -2.33. The first-order chi connectivity index (χ1) is 11.7. The second kappa shape index (κ2) is 7.49. The number of rotatable bonds is 6. The lowest BCUT2D eigenvalue weighted by Crippen LogP contribution is -2.24. The van der Waals surface area contributed by atoms with Crippen LogP contribution < -0.4 is 10.2 Å². The Kier molecular flexibility index (Phi) is 5.16. The maximum atomic E-state index is 11.9. The van der Waals surface area contributed by atoms with Crippen LogP contribution >= 0.6 is 0 Å². The molecule has 0 aliphatic carbocycles. The van der Waals surface area contributed by atoms with Crippen molar-refractivity contribution < 1.29 is 9.90 Å². The third kappa shape index (κ3) is 3.60. The first-order valence-electron chi connectivity index (χ1n) is 8.59. The van der Waals surface area contributed by atoms with Gasteiger partial charge in [-0.05, 0) is 36.6 Å². The average molecular weight is 324 g/mol. The molecule has 0 radical (unpaired) electrons. The predicted octanol–water partition coefficient (Wildman–Crippen LogP) is 3.76. The van der Waals surface area contributed by atoms with Gasteiger partial charge in [-0.15, -0.1) is 0 Å². The minimum absolute atomic E-state index is 0.100. The topological polar surface area (TPSA) is 52.6 Å². The van der Waals surface area contributed by atoms with Crippen LogP contribution in [0.25, 0.3) is 0 Å². The van der Waals surface area contributed by atoms with Crippen LogP contribution in [-0.4, -0.2) is 17.6 Å². The Morgan fingerprint density at radius 3 is 2.75 bits per heavy atom. The SMILES string of the molecule is CC[C@@H](NCc1cccc(N2CCCC2=O)c1)c1ccccc1O. The molecule has 1 amide bonds. The summed E-state index contributed by atoms with van der Waals surface area (Å²) in [5.41, 5.74) is 3.04. The molecule has 1 saturated heterocycles. The highest BCUT2D eigenvalue weighted by molar-refractivity contribution is 5.95. The van der Waals surface area contributed by atoms with Crippen molar-refractivity contribution in [2.75, 3.05) is 11.4 Å². The standard InChI is InChI=1S/C20H24N2O2/c1-2-18(17-9-3-4-10-19(17)23)21-14-15-7-5-8-16(13-15)22-12-6-11-20(22)24/h3-5,7-10,13,18,21,23H,2,6,11-12,14H2,1H3/t18-/m1/s1. The lowest BCUT2D eigenvalue weighted by molar-refractivity contribution is -0.117. The Morgan fingerprint density at radius 1 is 1.21 bits per heavy atom. The molecular weight excluding hydrogens is 300 g/mol. The van der Waals surface area contributed by atoms with Crippen molar-refractivity contribution in [2.24, 2.45) is 0 Å². The van der Waals surface area contributed by atoms with Crippen molar-refractivity contribution in [1.82, 2.24) is 5.32 Å². The quantitative estimate of drug-likeness (QED) is 0.850. The molecule has 126 valence electrons. The number of phenols is 1. The number of hydrogen-bond acceptors (Lipinski definition) is 3. The van der Waals surface area contributed by atoms with Gasteiger partial charge in [0.25, 0.3) is 0 Å². The van der Waals surface area contributed by atoms with Crippen LogP contribution in [0, 0.1) is 0 Å². The molecule has 3 rings (SSSR count). The normalized spacial score (nSPS) is 15.7. The van der Waals surface area contributed by atoms with E-state index < -0.39 is 0 Å². The number of carbonyl (C=O) groups is 1. The van der Waals surface area contributed by atoms with Crippen LogP contribution in [0.5, 0.6) is 5.75 Å². The number of hydrogen-bond donors (Lipinski definition) is 2. The molecule has 4 heteroatoms. The van der Waals surface area contributed by atoms with Crippen molar-refractivity contribution in [2.45, 2.75) is 38.8 Å². The fraction of sp³-hybridized carbons (Fsp3) is 0.350. The monoisotopic (exact) mass is 324 g/mol. The van der Waals surface area contributed by atoms with Crippen LogP contribution in [0.1, 0.15) is 43.4 Å². The summed E-state index contributed by atoms with van der Waals surface area (Å²) < 4.78 is 0. The van der Waals surface area contributed by atoms with Gasteiger partial charge in [-0.25, -0.2) is 0 Å². The second-order valence-electron chi connectivity index (χ2n) is 6.22. The number of benzene rings is 2. The number of aromatic hydroxyl groups is 1. The lowest BCUT2D eigenvalue weighted by Gasteiger charge is -2.20. The van der Waals surface area contributed by atoms with E-state index in [-0.39, 0.29) is 11.9 Å². The van der Waals surface area contributed by atoms with E-state index in [0.717, 1.165) is 36.2 Å². The van der Waals surface area contributed by atoms with Crippen LogP contribution in [0.4, 0.5) is 5.69 Å². The van der Waals surface area contributed by atoms with Crippen molar-refractivity contribution in [3.63, 3.8) is 0 Å². The van der Waals surface area contributed by atoms with Gasteiger partial charge in [-0.3, -0.25) is 4.79 Å². The van der Waals surface area contributed by atoms with E-state index in [1.165, 1.54) is 0 Å². The lowest BCUT2D eigenvalue weighted by atomic mass is 10.0. The second-order valence-corrected chi connectivity index (χ2v) is 6.22. The molecular formula is C20H24N2O2. The molecule has 1 heterocycles. The molecule has 0 spiro atoms. The fourth-order valence-corrected chi connectivity index (χ4v) is 3.25. The number of anilines is 1. The summed E-state index contributed by atoms with van der Waals surface area (Å²) in [4.78, 5) is 13.8. The van der Waals surface area contributed by atoms with Gasteiger partial charge in [0.05, 0.1) is 0 Å². The van der Waals surface area contributed by atoms with Crippen molar-refractivity contribution in [1.29, 1.82) is 0 Å². The van der Waals surface area contributed by atoms with Gasteiger partial charge in [0.2, 0.25) is 5.91 Å². The maximum absolute atomic E-state index is 11.9. The molecule has 1 fully saturated rings. The third-order valence-corrected chi connectivity index (χ3v) is 4.57. The number of carbonyl (C=O) groups excluding carboxylic acids is 1. The van der Waals surface area contributed by atoms with Crippen molar-refractivity contribution in [3.05, 3.63) is 59.7 Å². The Bertz CT molecular complexity index is 714. The Balaban J connectivity index is 1.70. The average Bonchev–Trinajstić information content (AvgIpc) is 3.03. The summed E-state index contributed by atoms with van der Waals surface area (Å²) in [5.74, 6) is 0.536. The molecule has 1 aliphatic heterocycles. The minimum atomic E-state index is 0.100. The highest BCUT2D eigenvalue weighted by Gasteiger charge is 2.21. The van der Waals surface area contributed by atoms with Crippen LogP contribution in [0.2, 0.25) is 0 Å². The molecule has 1 atom stereocenters. The van der Waals surface area contributed by atoms with E-state index in [1.807, 2.05) is 35.2 Å². The molecule has 24 heavy (non-hydrogen) atoms. The predicted molar refractivity (Wildman–Crippen MR) is 96.0 cm³/mol. The molecule has 2 aromatic carbocycles. The number of para-hydroxylation sites is 1. The van der Waals surface area contributed by atoms with E-state index in [0.29, 0.717) is 18.7 Å². The van der Waals surface area contributed by atoms with Gasteiger partial charge >= 0.3 is 0 Å². The third-order valence-electron chi connectivity index (χ3n) is 4.57. The number of nitrogens with zero attached hydrogens (tertiary/aromatic N) is 1. The van der Waals surface area contributed by atoms with Gasteiger partial charge in [0.15, 0.2) is 0 Å². The first-order valence-corrected chi connectivity index (χ1v) is 8.59. The summed E-state index contributed by atoms with van der Waals surface area (Å²) in [6.45, 7) is 3.61. The summed E-state index contributed by atoms with van der Waals surface area (Å²) in [6.07, 6.45) is 2.47. The fourth-order valence-electron chi connectivity index (χ4n) is 3.25. The summed E-state index contributed by atoms with van der Waals surface area (Å²) in [6, 6.07) is 15.7. The van der Waals surface area contributed by atoms with Crippen molar-refractivity contribution in [3.8, 4) is 5.75 Å². The van der Waals surface area contributed by atoms with Crippen LogP contribution in [0.3, 0.4) is 0 Å². The Morgan fingerprint density at radius 2 is 2.04 bits per heavy atom. The molecule has 4 nitrogen and oxygen atoms in total. The number of nitrogens with one attached hydrogen (secondary N) is 1. The highest BCUT2D eigenvalue weighted by atomic mass is 16.3. The number of phenolic OH excluding ortho intramolecular Hbond substituents is 1. The highest BCUT2D eigenvalue weighted by Crippen LogP contribution is 2.27. The van der Waals surface area contributed by atoms with E-state index in [4.69, 9.17) is 0 Å². The zero-order valence-electron chi connectivity index (χ0n) is 14.0. The number of amides is 1. The molecule has 2 N–H and O–H groups in total. The van der Waals surface area contributed by atoms with Gasteiger partial charge in [-0.2, -0.15) is 0 Å². The smallest absolute Gasteiger partial charge is 0.227 e. The maximum Gasteiger partial charge on any atom is 0.227 e. The molecule has 1 aliphatic rings. The van der Waals surface area contributed by atoms with E-state index in [1.54, 1.807) is 6.07 Å². The minimum Gasteiger partial charge on any atom is -0.508 e. The molecule has 0 saturated carbocycles. The summed E-state index contributed by atoms with van der Waals surface area (Å²) in [7, 11) is 0.